The fraction of sp³-hybridized carbons (Fsp3) is 0.172. The van der Waals surface area contributed by atoms with E-state index >= 15 is 0 Å². The molecule has 0 bridgehead atoms. The number of benzene rings is 4. The summed E-state index contributed by atoms with van der Waals surface area (Å²) in [6.07, 6.45) is 0. The second-order valence-corrected chi connectivity index (χ2v) is 7.85. The number of rotatable bonds is 9. The first-order valence-electron chi connectivity index (χ1n) is 11.5. The largest absolute Gasteiger partial charge is 0.494 e. The summed E-state index contributed by atoms with van der Waals surface area (Å²) >= 11 is 0. The number of ether oxygens (including phenoxy) is 3. The maximum Gasteiger partial charge on any atom is 0.201 e. The lowest BCUT2D eigenvalue weighted by Crippen LogP contribution is -2.01. The van der Waals surface area contributed by atoms with Crippen molar-refractivity contribution in [1.82, 2.24) is 0 Å². The molecule has 0 N–H and O–H groups in total. The summed E-state index contributed by atoms with van der Waals surface area (Å²) in [6.45, 7) is 4.23. The molecule has 0 saturated heterocycles. The van der Waals surface area contributed by atoms with Gasteiger partial charge >= 0.3 is 0 Å². The Kier molecular flexibility index (Phi) is 7.78. The molecule has 0 saturated carbocycles. The second kappa shape index (κ2) is 11.2. The van der Waals surface area contributed by atoms with Crippen LogP contribution in [0.2, 0.25) is 0 Å². The lowest BCUT2D eigenvalue weighted by atomic mass is 10.0. The molecule has 0 aromatic heterocycles. The monoisotopic (exact) mass is 496 g/mol. The first-order valence-corrected chi connectivity index (χ1v) is 11.5. The minimum atomic E-state index is -1.09. The van der Waals surface area contributed by atoms with Crippen LogP contribution < -0.4 is 14.2 Å². The predicted octanol–water partition coefficient (Wildman–Crippen LogP) is 7.95. The summed E-state index contributed by atoms with van der Waals surface area (Å²) in [6, 6.07) is 18.8. The molecular weight excluding hydrogens is 472 g/mol. The van der Waals surface area contributed by atoms with Gasteiger partial charge in [-0.1, -0.05) is 36.4 Å². The summed E-state index contributed by atoms with van der Waals surface area (Å²) in [5.74, 6) is -3.89. The highest BCUT2D eigenvalue weighted by Crippen LogP contribution is 2.32. The van der Waals surface area contributed by atoms with Gasteiger partial charge in [-0.15, -0.1) is 0 Å². The Labute approximate surface area is 206 Å². The molecule has 0 amide bonds. The minimum Gasteiger partial charge on any atom is -0.494 e. The van der Waals surface area contributed by atoms with E-state index in [1.54, 1.807) is 55.5 Å². The van der Waals surface area contributed by atoms with Crippen molar-refractivity contribution in [3.8, 4) is 39.5 Å². The van der Waals surface area contributed by atoms with Crippen molar-refractivity contribution in [2.24, 2.45) is 0 Å². The Morgan fingerprint density at radius 2 is 0.972 bits per heavy atom. The van der Waals surface area contributed by atoms with Gasteiger partial charge in [-0.2, -0.15) is 8.78 Å². The average Bonchev–Trinajstić information content (AvgIpc) is 2.89. The normalized spacial score (nSPS) is 10.8. The van der Waals surface area contributed by atoms with Crippen molar-refractivity contribution in [2.75, 3.05) is 13.2 Å². The van der Waals surface area contributed by atoms with Gasteiger partial charge in [0.1, 0.15) is 12.4 Å². The molecule has 0 aliphatic heterocycles. The molecule has 0 heterocycles. The molecule has 0 aliphatic carbocycles. The standard InChI is InChI=1S/C29H24F4O3/c1-3-34-21-11-9-20(10-12-21)23-14-16-25(29(33)27(23)31)36-17-18-5-7-19(8-6-18)22-13-15-24(35-4-2)28(32)26(22)30/h5-16H,3-4,17H2,1-2H3. The molecule has 3 nitrogen and oxygen atoms in total. The van der Waals surface area contributed by atoms with Crippen LogP contribution in [0, 0.1) is 23.3 Å². The number of hydrogen-bond acceptors (Lipinski definition) is 3. The zero-order chi connectivity index (χ0) is 25.7. The van der Waals surface area contributed by atoms with Gasteiger partial charge in [-0.25, -0.2) is 8.78 Å². The molecule has 4 rings (SSSR count). The van der Waals surface area contributed by atoms with Crippen LogP contribution in [0.5, 0.6) is 17.2 Å². The molecule has 0 aliphatic rings. The quantitative estimate of drug-likeness (QED) is 0.220. The zero-order valence-corrected chi connectivity index (χ0v) is 19.8. The summed E-state index contributed by atoms with van der Waals surface area (Å²) in [4.78, 5) is 0. The van der Waals surface area contributed by atoms with Gasteiger partial charge in [0.25, 0.3) is 0 Å². The van der Waals surface area contributed by atoms with Gasteiger partial charge in [0.05, 0.1) is 13.2 Å². The van der Waals surface area contributed by atoms with E-state index < -0.39 is 23.3 Å². The third-order valence-corrected chi connectivity index (χ3v) is 5.53. The molecule has 186 valence electrons. The van der Waals surface area contributed by atoms with E-state index in [-0.39, 0.29) is 35.8 Å². The van der Waals surface area contributed by atoms with E-state index in [4.69, 9.17) is 14.2 Å². The van der Waals surface area contributed by atoms with Crippen molar-refractivity contribution in [3.05, 3.63) is 102 Å². The fourth-order valence-corrected chi connectivity index (χ4v) is 3.73. The van der Waals surface area contributed by atoms with Crippen molar-refractivity contribution in [3.63, 3.8) is 0 Å². The van der Waals surface area contributed by atoms with E-state index in [2.05, 4.69) is 0 Å². The van der Waals surface area contributed by atoms with Gasteiger partial charge in [0, 0.05) is 11.1 Å². The van der Waals surface area contributed by atoms with E-state index in [1.807, 2.05) is 6.92 Å². The van der Waals surface area contributed by atoms with Crippen molar-refractivity contribution >= 4 is 0 Å². The molecule has 36 heavy (non-hydrogen) atoms. The lowest BCUT2D eigenvalue weighted by molar-refractivity contribution is 0.285. The number of halogens is 4. The maximum atomic E-state index is 14.7. The van der Waals surface area contributed by atoms with Crippen LogP contribution in [0.1, 0.15) is 19.4 Å². The van der Waals surface area contributed by atoms with E-state index in [1.165, 1.54) is 24.3 Å². The molecule has 0 spiro atoms. The topological polar surface area (TPSA) is 27.7 Å². The minimum absolute atomic E-state index is 0.0425. The van der Waals surface area contributed by atoms with E-state index in [9.17, 15) is 17.6 Å². The van der Waals surface area contributed by atoms with E-state index in [0.29, 0.717) is 29.0 Å². The van der Waals surface area contributed by atoms with Crippen LogP contribution >= 0.6 is 0 Å². The van der Waals surface area contributed by atoms with Gasteiger partial charge in [-0.05, 0) is 66.9 Å². The van der Waals surface area contributed by atoms with Crippen LogP contribution in [-0.2, 0) is 6.61 Å². The Bertz CT molecular complexity index is 1340. The van der Waals surface area contributed by atoms with Crippen molar-refractivity contribution in [2.45, 2.75) is 20.5 Å². The first kappa shape index (κ1) is 25.1. The molecular formula is C29H24F4O3. The highest BCUT2D eigenvalue weighted by atomic mass is 19.2. The third-order valence-electron chi connectivity index (χ3n) is 5.53. The van der Waals surface area contributed by atoms with Gasteiger partial charge in [-0.3, -0.25) is 0 Å². The Morgan fingerprint density at radius 1 is 0.500 bits per heavy atom. The molecule has 0 radical (unpaired) electrons. The molecule has 4 aromatic rings. The highest BCUT2D eigenvalue weighted by Gasteiger charge is 2.17. The average molecular weight is 497 g/mol. The third kappa shape index (κ3) is 5.30. The summed E-state index contributed by atoms with van der Waals surface area (Å²) < 4.78 is 74.0. The Morgan fingerprint density at radius 3 is 1.47 bits per heavy atom. The summed E-state index contributed by atoms with van der Waals surface area (Å²) in [5, 5.41) is 0. The van der Waals surface area contributed by atoms with Gasteiger partial charge in [0.2, 0.25) is 11.6 Å². The molecule has 4 aromatic carbocycles. The van der Waals surface area contributed by atoms with Crippen LogP contribution in [0.25, 0.3) is 22.3 Å². The predicted molar refractivity (Wildman–Crippen MR) is 130 cm³/mol. The molecule has 7 heteroatoms. The van der Waals surface area contributed by atoms with Gasteiger partial charge < -0.3 is 14.2 Å². The Hall–Kier alpha value is -4.00. The smallest absolute Gasteiger partial charge is 0.201 e. The summed E-state index contributed by atoms with van der Waals surface area (Å²) in [7, 11) is 0. The van der Waals surface area contributed by atoms with Crippen LogP contribution in [0.15, 0.2) is 72.8 Å². The second-order valence-electron chi connectivity index (χ2n) is 7.85. The number of hydrogen-bond donors (Lipinski definition) is 0. The molecule has 0 fully saturated rings. The molecule has 0 unspecified atom stereocenters. The summed E-state index contributed by atoms with van der Waals surface area (Å²) in [5.41, 5.74) is 1.80. The van der Waals surface area contributed by atoms with Crippen LogP contribution in [-0.4, -0.2) is 13.2 Å². The highest BCUT2D eigenvalue weighted by molar-refractivity contribution is 5.67. The molecule has 0 atom stereocenters. The first-order chi connectivity index (χ1) is 17.4. The van der Waals surface area contributed by atoms with Crippen LogP contribution in [0.4, 0.5) is 17.6 Å². The van der Waals surface area contributed by atoms with Crippen molar-refractivity contribution in [1.29, 1.82) is 0 Å². The SMILES string of the molecule is CCOc1ccc(-c2ccc(OCc3ccc(-c4ccc(OCC)c(F)c4F)cc3)c(F)c2F)cc1. The zero-order valence-electron chi connectivity index (χ0n) is 19.8. The Balaban J connectivity index is 1.46. The fourth-order valence-electron chi connectivity index (χ4n) is 3.73. The van der Waals surface area contributed by atoms with Crippen LogP contribution in [0.3, 0.4) is 0 Å². The van der Waals surface area contributed by atoms with Crippen molar-refractivity contribution < 1.29 is 31.8 Å². The van der Waals surface area contributed by atoms with E-state index in [0.717, 1.165) is 0 Å². The maximum absolute atomic E-state index is 14.7. The lowest BCUT2D eigenvalue weighted by Gasteiger charge is -2.12. The van der Waals surface area contributed by atoms with Gasteiger partial charge in [0.15, 0.2) is 23.1 Å².